The molecule has 0 aliphatic heterocycles. The molecule has 3 aromatic rings. The van der Waals surface area contributed by atoms with E-state index in [1.165, 1.54) is 25.2 Å². The van der Waals surface area contributed by atoms with Gasteiger partial charge in [-0.25, -0.2) is 9.97 Å². The van der Waals surface area contributed by atoms with Crippen LogP contribution in [0.1, 0.15) is 0 Å². The van der Waals surface area contributed by atoms with Gasteiger partial charge >= 0.3 is 5.97 Å². The third-order valence-electron chi connectivity index (χ3n) is 3.35. The topological polar surface area (TPSA) is 81.2 Å². The van der Waals surface area contributed by atoms with Crippen molar-refractivity contribution in [2.45, 2.75) is 5.03 Å². The fourth-order valence-corrected chi connectivity index (χ4v) is 3.99. The van der Waals surface area contributed by atoms with Crippen molar-refractivity contribution in [1.29, 1.82) is 0 Å². The number of thioether (sulfide) groups is 1. The first kappa shape index (κ1) is 17.4. The van der Waals surface area contributed by atoms with Crippen molar-refractivity contribution in [2.24, 2.45) is 0 Å². The van der Waals surface area contributed by atoms with Gasteiger partial charge in [0.25, 0.3) is 0 Å². The summed E-state index contributed by atoms with van der Waals surface area (Å²) in [6.07, 6.45) is 1.50. The average molecular weight is 373 g/mol. The van der Waals surface area contributed by atoms with E-state index < -0.39 is 5.97 Å². The Kier molecular flexibility index (Phi) is 5.62. The maximum atomic E-state index is 11.8. The van der Waals surface area contributed by atoms with Crippen molar-refractivity contribution in [3.63, 3.8) is 0 Å². The van der Waals surface area contributed by atoms with Crippen molar-refractivity contribution in [3.8, 4) is 10.4 Å². The van der Waals surface area contributed by atoms with Crippen molar-refractivity contribution < 1.29 is 14.3 Å². The van der Waals surface area contributed by atoms with E-state index in [4.69, 9.17) is 0 Å². The van der Waals surface area contributed by atoms with Crippen LogP contribution in [0.3, 0.4) is 0 Å². The number of ether oxygens (including phenoxy) is 1. The molecule has 0 saturated heterocycles. The Morgan fingerprint density at radius 2 is 2.04 bits per heavy atom. The van der Waals surface area contributed by atoms with Gasteiger partial charge in [-0.1, -0.05) is 42.1 Å². The summed E-state index contributed by atoms with van der Waals surface area (Å²) in [7, 11) is 1.28. The van der Waals surface area contributed by atoms with Gasteiger partial charge in [0.15, 0.2) is 0 Å². The number of amides is 1. The number of aromatic nitrogens is 2. The number of methoxy groups -OCH3 is 1. The molecule has 1 amide bonds. The molecule has 0 spiro atoms. The summed E-state index contributed by atoms with van der Waals surface area (Å²) in [4.78, 5) is 33.4. The minimum atomic E-state index is -0.479. The molecule has 1 aromatic carbocycles. The number of thiophene rings is 1. The summed E-state index contributed by atoms with van der Waals surface area (Å²) in [5.74, 6) is -0.562. The molecule has 0 aliphatic rings. The molecule has 2 aromatic heterocycles. The molecule has 1 N–H and O–H groups in total. The Labute approximate surface area is 152 Å². The number of carbonyl (C=O) groups excluding carboxylic acids is 2. The quantitative estimate of drug-likeness (QED) is 0.406. The van der Waals surface area contributed by atoms with Crippen molar-refractivity contribution in [2.75, 3.05) is 19.4 Å². The van der Waals surface area contributed by atoms with E-state index in [0.29, 0.717) is 0 Å². The number of hydrogen-bond donors (Lipinski definition) is 1. The normalized spacial score (nSPS) is 10.6. The number of rotatable bonds is 6. The summed E-state index contributed by atoms with van der Waals surface area (Å²) in [6, 6.07) is 12.1. The summed E-state index contributed by atoms with van der Waals surface area (Å²) in [5, 5.41) is 4.18. The second kappa shape index (κ2) is 8.09. The minimum absolute atomic E-state index is 0.133. The Morgan fingerprint density at radius 1 is 1.24 bits per heavy atom. The number of nitrogens with one attached hydrogen (secondary N) is 1. The van der Waals surface area contributed by atoms with Gasteiger partial charge in [0.2, 0.25) is 5.91 Å². The number of fused-ring (bicyclic) bond motifs is 1. The van der Waals surface area contributed by atoms with Crippen molar-refractivity contribution in [3.05, 3.63) is 42.7 Å². The summed E-state index contributed by atoms with van der Waals surface area (Å²) in [5.41, 5.74) is 1.12. The van der Waals surface area contributed by atoms with Gasteiger partial charge in [-0.3, -0.25) is 9.59 Å². The lowest BCUT2D eigenvalue weighted by atomic mass is 10.2. The highest BCUT2D eigenvalue weighted by Gasteiger charge is 2.12. The first-order valence-corrected chi connectivity index (χ1v) is 9.24. The van der Waals surface area contributed by atoms with Gasteiger partial charge < -0.3 is 10.1 Å². The molecular formula is C17H15N3O3S2. The Morgan fingerprint density at radius 3 is 2.80 bits per heavy atom. The summed E-state index contributed by atoms with van der Waals surface area (Å²) >= 11 is 2.91. The zero-order chi connectivity index (χ0) is 17.6. The molecular weight excluding hydrogens is 358 g/mol. The van der Waals surface area contributed by atoms with E-state index in [0.717, 1.165) is 25.7 Å². The van der Waals surface area contributed by atoms with Crippen LogP contribution in [-0.2, 0) is 14.3 Å². The maximum absolute atomic E-state index is 11.8. The smallest absolute Gasteiger partial charge is 0.325 e. The lowest BCUT2D eigenvalue weighted by Crippen LogP contribution is -2.31. The molecule has 0 fully saturated rings. The van der Waals surface area contributed by atoms with E-state index in [-0.39, 0.29) is 18.2 Å². The minimum Gasteiger partial charge on any atom is -0.468 e. The fraction of sp³-hybridized carbons (Fsp3) is 0.176. The van der Waals surface area contributed by atoms with Gasteiger partial charge in [-0.05, 0) is 11.6 Å². The first-order valence-electron chi connectivity index (χ1n) is 7.43. The van der Waals surface area contributed by atoms with Crippen molar-refractivity contribution >= 4 is 45.2 Å². The van der Waals surface area contributed by atoms with Gasteiger partial charge in [-0.15, -0.1) is 11.3 Å². The fourth-order valence-electron chi connectivity index (χ4n) is 2.12. The molecule has 8 heteroatoms. The number of hydrogen-bond acceptors (Lipinski definition) is 7. The van der Waals surface area contributed by atoms with Crippen molar-refractivity contribution in [1.82, 2.24) is 15.3 Å². The van der Waals surface area contributed by atoms with Crippen LogP contribution in [-0.4, -0.2) is 41.3 Å². The van der Waals surface area contributed by atoms with Crippen LogP contribution in [0.25, 0.3) is 20.7 Å². The number of nitrogens with zero attached hydrogens (tertiary/aromatic N) is 2. The van der Waals surface area contributed by atoms with E-state index >= 15 is 0 Å². The van der Waals surface area contributed by atoms with Gasteiger partial charge in [0.1, 0.15) is 22.7 Å². The molecule has 3 rings (SSSR count). The Hall–Kier alpha value is -2.45. The van der Waals surface area contributed by atoms with E-state index in [1.807, 2.05) is 36.4 Å². The van der Waals surface area contributed by atoms with Crippen LogP contribution in [0.5, 0.6) is 0 Å². The van der Waals surface area contributed by atoms with Crippen LogP contribution < -0.4 is 5.32 Å². The first-order chi connectivity index (χ1) is 12.2. The van der Waals surface area contributed by atoms with Gasteiger partial charge in [0.05, 0.1) is 12.9 Å². The molecule has 0 radical (unpaired) electrons. The predicted octanol–water partition coefficient (Wildman–Crippen LogP) is 2.74. The third-order valence-corrected chi connectivity index (χ3v) is 5.45. The molecule has 0 bridgehead atoms. The average Bonchev–Trinajstić information content (AvgIpc) is 3.10. The zero-order valence-corrected chi connectivity index (χ0v) is 15.0. The largest absolute Gasteiger partial charge is 0.468 e. The molecule has 2 heterocycles. The van der Waals surface area contributed by atoms with E-state index in [2.05, 4.69) is 20.0 Å². The van der Waals surface area contributed by atoms with Crippen LogP contribution >= 0.6 is 23.1 Å². The Bertz CT molecular complexity index is 897. The predicted molar refractivity (Wildman–Crippen MR) is 98.6 cm³/mol. The second-order valence-electron chi connectivity index (χ2n) is 5.02. The van der Waals surface area contributed by atoms with Crippen LogP contribution in [0.15, 0.2) is 47.8 Å². The molecule has 0 atom stereocenters. The number of benzene rings is 1. The molecule has 25 heavy (non-hydrogen) atoms. The maximum Gasteiger partial charge on any atom is 0.325 e. The van der Waals surface area contributed by atoms with Gasteiger partial charge in [0, 0.05) is 10.3 Å². The lowest BCUT2D eigenvalue weighted by molar-refractivity contribution is -0.140. The summed E-state index contributed by atoms with van der Waals surface area (Å²) < 4.78 is 4.49. The molecule has 128 valence electrons. The van der Waals surface area contributed by atoms with Gasteiger partial charge in [-0.2, -0.15) is 0 Å². The molecule has 0 unspecified atom stereocenters. The van der Waals surface area contributed by atoms with Crippen LogP contribution in [0, 0.1) is 0 Å². The zero-order valence-electron chi connectivity index (χ0n) is 13.4. The summed E-state index contributed by atoms with van der Waals surface area (Å²) in [6.45, 7) is -0.133. The van der Waals surface area contributed by atoms with E-state index in [1.54, 1.807) is 11.3 Å². The Balaban J connectivity index is 1.73. The SMILES string of the molecule is COC(=O)CNC(=O)CSc1ncnc2sc(-c3ccccc3)cc12. The van der Waals surface area contributed by atoms with E-state index in [9.17, 15) is 9.59 Å². The number of esters is 1. The standard InChI is InChI=1S/C17H15N3O3S2/c1-23-15(22)8-18-14(21)9-24-16-12-7-13(11-5-3-2-4-6-11)25-17(12)20-10-19-16/h2-7,10H,8-9H2,1H3,(H,18,21). The van der Waals surface area contributed by atoms with Crippen LogP contribution in [0.4, 0.5) is 0 Å². The third kappa shape index (κ3) is 4.34. The second-order valence-corrected chi connectivity index (χ2v) is 7.01. The van der Waals surface area contributed by atoms with Crippen LogP contribution in [0.2, 0.25) is 0 Å². The molecule has 6 nitrogen and oxygen atoms in total. The molecule has 0 aliphatic carbocycles. The number of carbonyl (C=O) groups is 2. The highest BCUT2D eigenvalue weighted by molar-refractivity contribution is 8.00. The highest BCUT2D eigenvalue weighted by Crippen LogP contribution is 2.35. The lowest BCUT2D eigenvalue weighted by Gasteiger charge is -2.04. The molecule has 0 saturated carbocycles. The monoisotopic (exact) mass is 373 g/mol. The highest BCUT2D eigenvalue weighted by atomic mass is 32.2.